The van der Waals surface area contributed by atoms with Gasteiger partial charge < -0.3 is 14.7 Å². The van der Waals surface area contributed by atoms with Gasteiger partial charge in [0.05, 0.1) is 0 Å². The number of ether oxygens (including phenoxy) is 1. The first-order valence-electron chi connectivity index (χ1n) is 11.3. The summed E-state index contributed by atoms with van der Waals surface area (Å²) in [7, 11) is 0. The number of benzene rings is 1. The fraction of sp³-hybridized carbons (Fsp3) is 0.458. The highest BCUT2D eigenvalue weighted by Crippen LogP contribution is 2.27. The predicted molar refractivity (Wildman–Crippen MR) is 124 cm³/mol. The molecule has 35 heavy (non-hydrogen) atoms. The van der Waals surface area contributed by atoms with Crippen molar-refractivity contribution in [1.82, 2.24) is 14.8 Å². The van der Waals surface area contributed by atoms with E-state index in [1.165, 1.54) is 19.3 Å². The third-order valence-electron chi connectivity index (χ3n) is 5.95. The number of hydrogen-bond donors (Lipinski definition) is 1. The van der Waals surface area contributed by atoms with Gasteiger partial charge in [0.1, 0.15) is 11.4 Å². The van der Waals surface area contributed by atoms with Crippen LogP contribution in [0.2, 0.25) is 5.02 Å². The first kappa shape index (κ1) is 26.7. The van der Waals surface area contributed by atoms with E-state index in [-0.39, 0.29) is 5.91 Å². The van der Waals surface area contributed by atoms with Gasteiger partial charge in [-0.05, 0) is 56.0 Å². The van der Waals surface area contributed by atoms with E-state index < -0.39 is 12.1 Å². The molecule has 1 aliphatic carbocycles. The Bertz CT molecular complexity index is 1050. The van der Waals surface area contributed by atoms with Gasteiger partial charge in [-0.1, -0.05) is 24.1 Å². The molecular formula is C24H27ClF3N3O4. The number of hydrogen-bond acceptors (Lipinski definition) is 5. The molecule has 1 saturated carbocycles. The quantitative estimate of drug-likeness (QED) is 0.607. The van der Waals surface area contributed by atoms with Crippen molar-refractivity contribution in [3.8, 4) is 11.6 Å². The summed E-state index contributed by atoms with van der Waals surface area (Å²) in [5.74, 6) is -1.70. The number of nitrogens with zero attached hydrogens (tertiary/aromatic N) is 3. The molecule has 2 aromatic rings. The summed E-state index contributed by atoms with van der Waals surface area (Å²) in [4.78, 5) is 30.8. The van der Waals surface area contributed by atoms with E-state index in [9.17, 15) is 18.0 Å². The molecule has 1 amide bonds. The Morgan fingerprint density at radius 3 is 2.40 bits per heavy atom. The first-order chi connectivity index (χ1) is 16.5. The molecule has 1 aliphatic heterocycles. The van der Waals surface area contributed by atoms with Gasteiger partial charge in [0.2, 0.25) is 5.88 Å². The van der Waals surface area contributed by atoms with E-state index in [1.54, 1.807) is 24.3 Å². The van der Waals surface area contributed by atoms with Gasteiger partial charge in [0.15, 0.2) is 0 Å². The summed E-state index contributed by atoms with van der Waals surface area (Å²) in [6, 6.07) is 11.5. The van der Waals surface area contributed by atoms with Crippen molar-refractivity contribution in [3.63, 3.8) is 0 Å². The Balaban J connectivity index is 0.000000429. The molecule has 0 bridgehead atoms. The van der Waals surface area contributed by atoms with Crippen molar-refractivity contribution >= 4 is 23.5 Å². The molecule has 4 rings (SSSR count). The van der Waals surface area contributed by atoms with Crippen LogP contribution in [-0.4, -0.2) is 70.2 Å². The molecule has 1 saturated heterocycles. The second-order valence-corrected chi connectivity index (χ2v) is 8.85. The van der Waals surface area contributed by atoms with Crippen LogP contribution in [0, 0.1) is 6.92 Å². The van der Waals surface area contributed by atoms with Crippen LogP contribution in [0.15, 0.2) is 36.4 Å². The average Bonchev–Trinajstić information content (AvgIpc) is 3.01. The van der Waals surface area contributed by atoms with E-state index >= 15 is 0 Å². The number of amides is 1. The van der Waals surface area contributed by atoms with Crippen molar-refractivity contribution in [1.29, 1.82) is 0 Å². The van der Waals surface area contributed by atoms with E-state index in [0.29, 0.717) is 22.3 Å². The van der Waals surface area contributed by atoms with Crippen LogP contribution in [0.1, 0.15) is 41.7 Å². The van der Waals surface area contributed by atoms with Gasteiger partial charge >= 0.3 is 12.1 Å². The van der Waals surface area contributed by atoms with Crippen molar-refractivity contribution in [2.45, 2.75) is 44.8 Å². The molecule has 0 radical (unpaired) electrons. The van der Waals surface area contributed by atoms with E-state index in [4.69, 9.17) is 26.2 Å². The van der Waals surface area contributed by atoms with Crippen molar-refractivity contribution in [2.24, 2.45) is 0 Å². The van der Waals surface area contributed by atoms with Gasteiger partial charge in [-0.25, -0.2) is 9.78 Å². The smallest absolute Gasteiger partial charge is 0.475 e. The summed E-state index contributed by atoms with van der Waals surface area (Å²) in [6.45, 7) is 5.51. The minimum Gasteiger partial charge on any atom is -0.475 e. The number of carboxylic acids is 1. The molecule has 190 valence electrons. The summed E-state index contributed by atoms with van der Waals surface area (Å²) >= 11 is 6.07. The lowest BCUT2D eigenvalue weighted by Crippen LogP contribution is -2.42. The normalized spacial score (nSPS) is 17.0. The third-order valence-corrected chi connectivity index (χ3v) is 6.37. The van der Waals surface area contributed by atoms with Crippen LogP contribution in [0.5, 0.6) is 11.6 Å². The zero-order valence-corrected chi connectivity index (χ0v) is 20.0. The highest BCUT2D eigenvalue weighted by Gasteiger charge is 2.38. The number of aliphatic carboxylic acids is 1. The van der Waals surface area contributed by atoms with Gasteiger partial charge in [0, 0.05) is 43.3 Å². The van der Waals surface area contributed by atoms with Crippen LogP contribution >= 0.6 is 11.6 Å². The van der Waals surface area contributed by atoms with Crippen molar-refractivity contribution < 1.29 is 32.6 Å². The van der Waals surface area contributed by atoms with E-state index in [0.717, 1.165) is 44.2 Å². The molecule has 1 aromatic carbocycles. The Morgan fingerprint density at radius 1 is 1.09 bits per heavy atom. The number of alkyl halides is 3. The first-order valence-corrected chi connectivity index (χ1v) is 11.7. The lowest BCUT2D eigenvalue weighted by Gasteiger charge is -2.36. The summed E-state index contributed by atoms with van der Waals surface area (Å²) < 4.78 is 37.6. The minimum absolute atomic E-state index is 0.0202. The zero-order valence-electron chi connectivity index (χ0n) is 19.2. The number of pyridine rings is 1. The third kappa shape index (κ3) is 7.57. The zero-order chi connectivity index (χ0) is 25.6. The van der Waals surface area contributed by atoms with Crippen LogP contribution in [-0.2, 0) is 4.79 Å². The number of carbonyl (C=O) groups excluding carboxylic acids is 1. The summed E-state index contributed by atoms with van der Waals surface area (Å²) in [5.41, 5.74) is 1.37. The molecule has 0 spiro atoms. The maximum absolute atomic E-state index is 13.0. The fourth-order valence-electron chi connectivity index (χ4n) is 3.81. The Kier molecular flexibility index (Phi) is 8.96. The lowest BCUT2D eigenvalue weighted by molar-refractivity contribution is -0.192. The number of aryl methyl sites for hydroxylation is 1. The molecule has 1 aromatic heterocycles. The summed E-state index contributed by atoms with van der Waals surface area (Å²) in [5, 5.41) is 7.82. The maximum Gasteiger partial charge on any atom is 0.490 e. The second kappa shape index (κ2) is 11.7. The Morgan fingerprint density at radius 2 is 1.80 bits per heavy atom. The molecule has 2 aliphatic rings. The number of aromatic nitrogens is 1. The fourth-order valence-corrected chi connectivity index (χ4v) is 3.93. The molecular weight excluding hydrogens is 487 g/mol. The second-order valence-electron chi connectivity index (χ2n) is 8.44. The molecule has 0 atom stereocenters. The lowest BCUT2D eigenvalue weighted by atomic mass is 9.91. The van der Waals surface area contributed by atoms with Crippen molar-refractivity contribution in [2.75, 3.05) is 26.2 Å². The van der Waals surface area contributed by atoms with Gasteiger partial charge in [0.25, 0.3) is 5.91 Å². The highest BCUT2D eigenvalue weighted by molar-refractivity contribution is 6.31. The number of carbonyl (C=O) groups is 2. The number of carboxylic acid groups (broad SMARTS) is 1. The van der Waals surface area contributed by atoms with E-state index in [2.05, 4.69) is 9.88 Å². The number of rotatable bonds is 4. The standard InChI is InChI=1S/C22H26ClN3O2.C2HF3O2/c1-16-15-18(9-10-19(16)23)28-21-8-3-7-20(24-21)22(27)26-12-4-11-25(13-14-26)17-5-2-6-17;3-2(4,5)1(6)7/h3,7-10,15,17H,2,4-6,11-14H2,1H3;(H,6,7). The highest BCUT2D eigenvalue weighted by atomic mass is 35.5. The predicted octanol–water partition coefficient (Wildman–Crippen LogP) is 5.17. The van der Waals surface area contributed by atoms with Crippen molar-refractivity contribution in [3.05, 3.63) is 52.7 Å². The molecule has 2 heterocycles. The summed E-state index contributed by atoms with van der Waals surface area (Å²) in [6.07, 6.45) is -0.117. The monoisotopic (exact) mass is 513 g/mol. The Hall–Kier alpha value is -2.85. The minimum atomic E-state index is -5.08. The largest absolute Gasteiger partial charge is 0.490 e. The SMILES string of the molecule is Cc1cc(Oc2cccc(C(=O)N3CCCN(C4CCC4)CC3)n2)ccc1Cl.O=C(O)C(F)(F)F. The van der Waals surface area contributed by atoms with E-state index in [1.807, 2.05) is 24.0 Å². The molecule has 0 unspecified atom stereocenters. The van der Waals surface area contributed by atoms with Crippen LogP contribution < -0.4 is 4.74 Å². The molecule has 11 heteroatoms. The van der Waals surface area contributed by atoms with Gasteiger partial charge in [-0.15, -0.1) is 0 Å². The van der Waals surface area contributed by atoms with Crippen LogP contribution in [0.3, 0.4) is 0 Å². The average molecular weight is 514 g/mol. The van der Waals surface area contributed by atoms with Gasteiger partial charge in [-0.2, -0.15) is 13.2 Å². The molecule has 7 nitrogen and oxygen atoms in total. The van der Waals surface area contributed by atoms with Gasteiger partial charge in [-0.3, -0.25) is 9.69 Å². The van der Waals surface area contributed by atoms with Crippen LogP contribution in [0.25, 0.3) is 0 Å². The number of halogens is 4. The Labute approximate surface area is 206 Å². The maximum atomic E-state index is 13.0. The molecule has 1 N–H and O–H groups in total. The topological polar surface area (TPSA) is 83.0 Å². The molecule has 2 fully saturated rings. The van der Waals surface area contributed by atoms with Crippen LogP contribution in [0.4, 0.5) is 13.2 Å².